The summed E-state index contributed by atoms with van der Waals surface area (Å²) in [6.45, 7) is 7.78. The molecule has 0 spiro atoms. The van der Waals surface area contributed by atoms with Gasteiger partial charge in [-0.3, -0.25) is 4.79 Å². The maximum atomic E-state index is 12.4. The Morgan fingerprint density at radius 1 is 1.33 bits per heavy atom. The normalized spacial score (nSPS) is 13.0. The molecule has 1 atom stereocenters. The van der Waals surface area contributed by atoms with Crippen LogP contribution in [-0.4, -0.2) is 15.5 Å². The van der Waals surface area contributed by atoms with Crippen LogP contribution in [0.1, 0.15) is 43.8 Å². The molecule has 0 saturated heterocycles. The van der Waals surface area contributed by atoms with E-state index in [4.69, 9.17) is 0 Å². The minimum Gasteiger partial charge on any atom is -0.342 e. The maximum absolute atomic E-state index is 12.4. The van der Waals surface area contributed by atoms with Gasteiger partial charge in [-0.15, -0.1) is 0 Å². The fourth-order valence-electron chi connectivity index (χ4n) is 2.15. The Balaban J connectivity index is 2.41. The van der Waals surface area contributed by atoms with Gasteiger partial charge in [-0.05, 0) is 12.5 Å². The lowest BCUT2D eigenvalue weighted by Gasteiger charge is -2.24. The lowest BCUT2D eigenvalue weighted by atomic mass is 9.94. The number of aryl methyl sites for hydroxylation is 2. The molecule has 1 aromatic heterocycles. The molecular weight excluding hydrogens is 262 g/mol. The minimum atomic E-state index is -0.437. The molecule has 21 heavy (non-hydrogen) atoms. The summed E-state index contributed by atoms with van der Waals surface area (Å²) < 4.78 is 1.94. The molecule has 4 heteroatoms. The third kappa shape index (κ3) is 3.51. The first-order valence-electron chi connectivity index (χ1n) is 7.14. The van der Waals surface area contributed by atoms with Crippen molar-refractivity contribution in [3.05, 3.63) is 53.6 Å². The molecule has 1 amide bonds. The van der Waals surface area contributed by atoms with E-state index in [1.165, 1.54) is 0 Å². The van der Waals surface area contributed by atoms with Crippen molar-refractivity contribution in [1.82, 2.24) is 14.9 Å². The van der Waals surface area contributed by atoms with Gasteiger partial charge < -0.3 is 9.88 Å². The Morgan fingerprint density at radius 2 is 2.05 bits per heavy atom. The lowest BCUT2D eigenvalue weighted by Crippen LogP contribution is -2.38. The van der Waals surface area contributed by atoms with Crippen molar-refractivity contribution in [1.29, 1.82) is 0 Å². The quantitative estimate of drug-likeness (QED) is 0.942. The number of carbonyl (C=O) groups excluding carboxylic acids is 1. The van der Waals surface area contributed by atoms with Gasteiger partial charge in [-0.1, -0.05) is 50.6 Å². The van der Waals surface area contributed by atoms with Crippen molar-refractivity contribution in [2.45, 2.75) is 33.7 Å². The molecule has 2 aromatic rings. The first-order valence-corrected chi connectivity index (χ1v) is 7.14. The van der Waals surface area contributed by atoms with Crippen molar-refractivity contribution in [2.24, 2.45) is 12.5 Å². The van der Waals surface area contributed by atoms with Gasteiger partial charge in [0.15, 0.2) is 0 Å². The largest absolute Gasteiger partial charge is 0.342 e. The smallest absolute Gasteiger partial charge is 0.226 e. The van der Waals surface area contributed by atoms with Crippen molar-refractivity contribution >= 4 is 5.91 Å². The highest BCUT2D eigenvalue weighted by Gasteiger charge is 2.27. The number of hydrogen-bond donors (Lipinski definition) is 1. The average molecular weight is 285 g/mol. The van der Waals surface area contributed by atoms with Gasteiger partial charge in [-0.2, -0.15) is 0 Å². The second-order valence-electron chi connectivity index (χ2n) is 6.47. The van der Waals surface area contributed by atoms with E-state index in [1.807, 2.05) is 63.7 Å². The Kier molecular flexibility index (Phi) is 4.16. The minimum absolute atomic E-state index is 0.0111. The number of amides is 1. The van der Waals surface area contributed by atoms with Gasteiger partial charge in [0.25, 0.3) is 0 Å². The van der Waals surface area contributed by atoms with Crippen LogP contribution in [0.2, 0.25) is 0 Å². The number of aromatic nitrogens is 2. The Hall–Kier alpha value is -2.10. The molecule has 1 aromatic carbocycles. The molecule has 2 rings (SSSR count). The second-order valence-corrected chi connectivity index (χ2v) is 6.47. The third-order valence-corrected chi connectivity index (χ3v) is 3.45. The van der Waals surface area contributed by atoms with Crippen LogP contribution in [0.15, 0.2) is 36.7 Å². The molecule has 0 aliphatic heterocycles. The van der Waals surface area contributed by atoms with E-state index in [9.17, 15) is 4.79 Å². The summed E-state index contributed by atoms with van der Waals surface area (Å²) in [7, 11) is 1.94. The molecule has 112 valence electrons. The molecule has 0 radical (unpaired) electrons. The van der Waals surface area contributed by atoms with E-state index in [1.54, 1.807) is 6.20 Å². The first-order chi connectivity index (χ1) is 9.79. The van der Waals surface area contributed by atoms with Crippen molar-refractivity contribution < 1.29 is 4.79 Å². The van der Waals surface area contributed by atoms with Crippen LogP contribution in [0.3, 0.4) is 0 Å². The Bertz CT molecular complexity index is 637. The first kappa shape index (κ1) is 15.3. The van der Waals surface area contributed by atoms with Crippen LogP contribution in [0.25, 0.3) is 0 Å². The Morgan fingerprint density at radius 3 is 2.57 bits per heavy atom. The SMILES string of the molecule is Cc1cccc(C(NC(=O)C(C)(C)C)c2nccn2C)c1. The zero-order valence-corrected chi connectivity index (χ0v) is 13.3. The van der Waals surface area contributed by atoms with E-state index in [0.29, 0.717) is 0 Å². The molecule has 1 heterocycles. The molecule has 0 fully saturated rings. The molecule has 0 bridgehead atoms. The lowest BCUT2D eigenvalue weighted by molar-refractivity contribution is -0.129. The van der Waals surface area contributed by atoms with Crippen LogP contribution in [0.5, 0.6) is 0 Å². The fourth-order valence-corrected chi connectivity index (χ4v) is 2.15. The van der Waals surface area contributed by atoms with E-state index in [-0.39, 0.29) is 11.9 Å². The summed E-state index contributed by atoms with van der Waals surface area (Å²) >= 11 is 0. The molecule has 1 N–H and O–H groups in total. The standard InChI is InChI=1S/C17H23N3O/c1-12-7-6-8-13(11-12)14(15-18-9-10-20(15)5)19-16(21)17(2,3)4/h6-11,14H,1-5H3,(H,19,21). The zero-order valence-electron chi connectivity index (χ0n) is 13.3. The fraction of sp³-hybridized carbons (Fsp3) is 0.412. The topological polar surface area (TPSA) is 46.9 Å². The van der Waals surface area contributed by atoms with Gasteiger partial charge >= 0.3 is 0 Å². The number of nitrogens with one attached hydrogen (secondary N) is 1. The van der Waals surface area contributed by atoms with Gasteiger partial charge in [-0.25, -0.2) is 4.98 Å². The highest BCUT2D eigenvalue weighted by molar-refractivity contribution is 5.82. The monoisotopic (exact) mass is 285 g/mol. The van der Waals surface area contributed by atoms with Crippen LogP contribution in [0, 0.1) is 12.3 Å². The number of carbonyl (C=O) groups is 1. The zero-order chi connectivity index (χ0) is 15.6. The van der Waals surface area contributed by atoms with Crippen LogP contribution >= 0.6 is 0 Å². The molecule has 4 nitrogen and oxygen atoms in total. The summed E-state index contributed by atoms with van der Waals surface area (Å²) in [6.07, 6.45) is 3.64. The molecule has 1 unspecified atom stereocenters. The summed E-state index contributed by atoms with van der Waals surface area (Å²) in [4.78, 5) is 16.8. The predicted octanol–water partition coefficient (Wildman–Crippen LogP) is 2.98. The van der Waals surface area contributed by atoms with Crippen LogP contribution in [0.4, 0.5) is 0 Å². The van der Waals surface area contributed by atoms with Gasteiger partial charge in [0, 0.05) is 24.9 Å². The molecule has 0 saturated carbocycles. The van der Waals surface area contributed by atoms with Crippen molar-refractivity contribution in [3.63, 3.8) is 0 Å². The summed E-state index contributed by atoms with van der Waals surface area (Å²) in [5.41, 5.74) is 1.77. The number of rotatable bonds is 3. The molecular formula is C17H23N3O. The highest BCUT2D eigenvalue weighted by atomic mass is 16.2. The maximum Gasteiger partial charge on any atom is 0.226 e. The van der Waals surface area contributed by atoms with E-state index < -0.39 is 5.41 Å². The molecule has 0 aliphatic rings. The van der Waals surface area contributed by atoms with Gasteiger partial charge in [0.05, 0.1) is 0 Å². The van der Waals surface area contributed by atoms with Crippen molar-refractivity contribution in [3.8, 4) is 0 Å². The number of hydrogen-bond acceptors (Lipinski definition) is 2. The summed E-state index contributed by atoms with van der Waals surface area (Å²) in [6, 6.07) is 7.92. The van der Waals surface area contributed by atoms with Crippen molar-refractivity contribution in [2.75, 3.05) is 0 Å². The molecule has 0 aliphatic carbocycles. The van der Waals surface area contributed by atoms with Gasteiger partial charge in [0.2, 0.25) is 5.91 Å². The predicted molar refractivity (Wildman–Crippen MR) is 83.8 cm³/mol. The third-order valence-electron chi connectivity index (χ3n) is 3.45. The Labute approximate surface area is 126 Å². The number of nitrogens with zero attached hydrogens (tertiary/aromatic N) is 2. The van der Waals surface area contributed by atoms with E-state index in [2.05, 4.69) is 16.4 Å². The van der Waals surface area contributed by atoms with E-state index >= 15 is 0 Å². The highest BCUT2D eigenvalue weighted by Crippen LogP contribution is 2.24. The second kappa shape index (κ2) is 5.72. The average Bonchev–Trinajstić information content (AvgIpc) is 2.80. The van der Waals surface area contributed by atoms with Crippen LogP contribution < -0.4 is 5.32 Å². The van der Waals surface area contributed by atoms with E-state index in [0.717, 1.165) is 17.0 Å². The number of benzene rings is 1. The van der Waals surface area contributed by atoms with Gasteiger partial charge in [0.1, 0.15) is 11.9 Å². The number of imidazole rings is 1. The summed E-state index contributed by atoms with van der Waals surface area (Å²) in [5.74, 6) is 0.843. The summed E-state index contributed by atoms with van der Waals surface area (Å²) in [5, 5.41) is 3.12. The van der Waals surface area contributed by atoms with Crippen LogP contribution in [-0.2, 0) is 11.8 Å².